The number of ether oxygens (including phenoxy) is 1. The number of methoxy groups -OCH3 is 1. The zero-order valence-electron chi connectivity index (χ0n) is 16.6. The average molecular weight is 409 g/mol. The minimum atomic E-state index is -0.380. The van der Waals surface area contributed by atoms with E-state index in [1.807, 2.05) is 12.1 Å². The summed E-state index contributed by atoms with van der Waals surface area (Å²) in [6, 6.07) is 13.8. The number of carbonyl (C=O) groups excluding carboxylic acids is 4. The van der Waals surface area contributed by atoms with Gasteiger partial charge in [-0.3, -0.25) is 24.1 Å². The maximum Gasteiger partial charge on any atom is 0.261 e. The van der Waals surface area contributed by atoms with Gasteiger partial charge in [0.1, 0.15) is 5.75 Å². The molecule has 0 radical (unpaired) electrons. The maximum atomic E-state index is 12.3. The molecule has 1 aliphatic heterocycles. The van der Waals surface area contributed by atoms with Crippen LogP contribution in [0, 0.1) is 0 Å². The highest BCUT2D eigenvalue weighted by Crippen LogP contribution is 2.22. The summed E-state index contributed by atoms with van der Waals surface area (Å²) < 4.78 is 5.08. The van der Waals surface area contributed by atoms with E-state index in [1.165, 1.54) is 0 Å². The van der Waals surface area contributed by atoms with Crippen molar-refractivity contribution in [3.63, 3.8) is 0 Å². The van der Waals surface area contributed by atoms with Gasteiger partial charge in [-0.2, -0.15) is 0 Å². The highest BCUT2D eigenvalue weighted by molar-refractivity contribution is 6.21. The maximum absolute atomic E-state index is 12.3. The summed E-state index contributed by atoms with van der Waals surface area (Å²) in [6.45, 7) is 0.561. The summed E-state index contributed by atoms with van der Waals surface area (Å²) in [5, 5.41) is 5.41. The van der Waals surface area contributed by atoms with Gasteiger partial charge >= 0.3 is 0 Å². The molecule has 8 heteroatoms. The molecule has 30 heavy (non-hydrogen) atoms. The van der Waals surface area contributed by atoms with Gasteiger partial charge in [0.05, 0.1) is 24.7 Å². The molecule has 2 N–H and O–H groups in total. The number of benzene rings is 2. The highest BCUT2D eigenvalue weighted by atomic mass is 16.5. The zero-order chi connectivity index (χ0) is 21.5. The number of fused-ring (bicyclic) bond motifs is 1. The Kier molecular flexibility index (Phi) is 6.79. The Bertz CT molecular complexity index is 921. The molecule has 0 fully saturated rings. The van der Waals surface area contributed by atoms with E-state index in [0.29, 0.717) is 11.1 Å². The van der Waals surface area contributed by atoms with E-state index in [-0.39, 0.29) is 56.1 Å². The van der Waals surface area contributed by atoms with E-state index in [9.17, 15) is 19.2 Å². The molecule has 0 spiro atoms. The Labute approximate surface area is 174 Å². The lowest BCUT2D eigenvalue weighted by atomic mass is 10.1. The van der Waals surface area contributed by atoms with Gasteiger partial charge in [0.25, 0.3) is 11.8 Å². The Morgan fingerprint density at radius 2 is 1.43 bits per heavy atom. The number of carbonyl (C=O) groups is 4. The van der Waals surface area contributed by atoms with E-state index in [4.69, 9.17) is 4.74 Å². The first-order valence-corrected chi connectivity index (χ1v) is 9.61. The molecule has 0 saturated heterocycles. The molecule has 2 aromatic rings. The van der Waals surface area contributed by atoms with Crippen molar-refractivity contribution in [1.29, 1.82) is 0 Å². The SMILES string of the molecule is COc1ccc(CC(=O)NCCNC(=O)CCN2C(=O)c3ccccc3C2=O)cc1. The average Bonchev–Trinajstić information content (AvgIpc) is 3.00. The monoisotopic (exact) mass is 409 g/mol. The number of hydrogen-bond acceptors (Lipinski definition) is 5. The summed E-state index contributed by atoms with van der Waals surface area (Å²) in [7, 11) is 1.58. The van der Waals surface area contributed by atoms with Crippen LogP contribution in [0.4, 0.5) is 0 Å². The molecule has 0 aliphatic carbocycles. The van der Waals surface area contributed by atoms with Gasteiger partial charge in [-0.05, 0) is 29.8 Å². The summed E-state index contributed by atoms with van der Waals surface area (Å²) in [4.78, 5) is 49.6. The molecule has 0 bridgehead atoms. The molecule has 156 valence electrons. The van der Waals surface area contributed by atoms with Crippen LogP contribution in [0.3, 0.4) is 0 Å². The summed E-state index contributed by atoms with van der Waals surface area (Å²) in [6.07, 6.45) is 0.239. The Hall–Kier alpha value is -3.68. The normalized spacial score (nSPS) is 12.5. The van der Waals surface area contributed by atoms with E-state index in [0.717, 1.165) is 16.2 Å². The van der Waals surface area contributed by atoms with E-state index in [1.54, 1.807) is 43.5 Å². The van der Waals surface area contributed by atoms with Crippen molar-refractivity contribution in [3.05, 3.63) is 65.2 Å². The second kappa shape index (κ2) is 9.69. The fraction of sp³-hybridized carbons (Fsp3) is 0.273. The van der Waals surface area contributed by atoms with Crippen LogP contribution in [0.15, 0.2) is 48.5 Å². The third-order valence-corrected chi connectivity index (χ3v) is 4.73. The van der Waals surface area contributed by atoms with E-state index < -0.39 is 0 Å². The molecule has 8 nitrogen and oxygen atoms in total. The fourth-order valence-corrected chi connectivity index (χ4v) is 3.14. The van der Waals surface area contributed by atoms with Gasteiger partial charge in [-0.25, -0.2) is 0 Å². The van der Waals surface area contributed by atoms with Crippen molar-refractivity contribution < 1.29 is 23.9 Å². The molecule has 2 aromatic carbocycles. The van der Waals surface area contributed by atoms with E-state index in [2.05, 4.69) is 10.6 Å². The van der Waals surface area contributed by atoms with Crippen molar-refractivity contribution in [3.8, 4) is 5.75 Å². The van der Waals surface area contributed by atoms with Gasteiger partial charge in [0.15, 0.2) is 0 Å². The second-order valence-corrected chi connectivity index (χ2v) is 6.78. The molecule has 1 aliphatic rings. The van der Waals surface area contributed by atoms with Gasteiger partial charge in [0, 0.05) is 26.1 Å². The third-order valence-electron chi connectivity index (χ3n) is 4.73. The second-order valence-electron chi connectivity index (χ2n) is 6.78. The van der Waals surface area contributed by atoms with Crippen LogP contribution in [0.2, 0.25) is 0 Å². The van der Waals surface area contributed by atoms with Gasteiger partial charge in [-0.15, -0.1) is 0 Å². The summed E-state index contributed by atoms with van der Waals surface area (Å²) >= 11 is 0. The lowest BCUT2D eigenvalue weighted by Gasteiger charge is -2.13. The molecule has 1 heterocycles. The van der Waals surface area contributed by atoms with Crippen LogP contribution in [0.5, 0.6) is 5.75 Å². The van der Waals surface area contributed by atoms with Gasteiger partial charge in [-0.1, -0.05) is 24.3 Å². The van der Waals surface area contributed by atoms with Crippen molar-refractivity contribution in [2.45, 2.75) is 12.8 Å². The molecule has 0 saturated carbocycles. The standard InChI is InChI=1S/C22H23N3O5/c1-30-16-8-6-15(7-9-16)14-20(27)24-12-11-23-19(26)10-13-25-21(28)17-4-2-3-5-18(17)22(25)29/h2-9H,10-14H2,1H3,(H,23,26)(H,24,27). The minimum absolute atomic E-state index is 0.00522. The van der Waals surface area contributed by atoms with Crippen molar-refractivity contribution in [2.24, 2.45) is 0 Å². The molecule has 4 amide bonds. The first-order valence-electron chi connectivity index (χ1n) is 9.61. The quantitative estimate of drug-likeness (QED) is 0.478. The first-order chi connectivity index (χ1) is 14.5. The molecule has 3 rings (SSSR count). The van der Waals surface area contributed by atoms with Crippen LogP contribution >= 0.6 is 0 Å². The summed E-state index contributed by atoms with van der Waals surface area (Å²) in [5.41, 5.74) is 1.59. The number of rotatable bonds is 9. The van der Waals surface area contributed by atoms with E-state index >= 15 is 0 Å². The molecule has 0 unspecified atom stereocenters. The van der Waals surface area contributed by atoms with Crippen LogP contribution in [0.25, 0.3) is 0 Å². The zero-order valence-corrected chi connectivity index (χ0v) is 16.6. The smallest absolute Gasteiger partial charge is 0.261 e. The topological polar surface area (TPSA) is 105 Å². The molecule has 0 atom stereocenters. The molecular weight excluding hydrogens is 386 g/mol. The lowest BCUT2D eigenvalue weighted by molar-refractivity contribution is -0.122. The molecular formula is C22H23N3O5. The minimum Gasteiger partial charge on any atom is -0.497 e. The Morgan fingerprint density at radius 1 is 0.867 bits per heavy atom. The first kappa shape index (κ1) is 21.0. The molecule has 0 aromatic heterocycles. The third kappa shape index (κ3) is 5.02. The number of imide groups is 1. The highest BCUT2D eigenvalue weighted by Gasteiger charge is 2.34. The van der Waals surface area contributed by atoms with Crippen LogP contribution in [-0.4, -0.2) is 55.3 Å². The number of nitrogens with one attached hydrogen (secondary N) is 2. The number of hydrogen-bond donors (Lipinski definition) is 2. The fourth-order valence-electron chi connectivity index (χ4n) is 3.14. The van der Waals surface area contributed by atoms with Crippen molar-refractivity contribution >= 4 is 23.6 Å². The Morgan fingerprint density at radius 3 is 2.00 bits per heavy atom. The van der Waals surface area contributed by atoms with Crippen molar-refractivity contribution in [1.82, 2.24) is 15.5 Å². The van der Waals surface area contributed by atoms with Crippen LogP contribution < -0.4 is 15.4 Å². The summed E-state index contributed by atoms with van der Waals surface area (Å²) in [5.74, 6) is -0.483. The van der Waals surface area contributed by atoms with Gasteiger partial charge < -0.3 is 15.4 Å². The predicted octanol–water partition coefficient (Wildman–Crippen LogP) is 1.16. The van der Waals surface area contributed by atoms with Crippen LogP contribution in [-0.2, 0) is 16.0 Å². The lowest BCUT2D eigenvalue weighted by Crippen LogP contribution is -2.38. The number of nitrogens with zero attached hydrogens (tertiary/aromatic N) is 1. The largest absolute Gasteiger partial charge is 0.497 e. The van der Waals surface area contributed by atoms with Gasteiger partial charge in [0.2, 0.25) is 11.8 Å². The Balaban J connectivity index is 1.34. The number of amides is 4. The predicted molar refractivity (Wildman–Crippen MR) is 109 cm³/mol. The van der Waals surface area contributed by atoms with Crippen molar-refractivity contribution in [2.75, 3.05) is 26.7 Å². The van der Waals surface area contributed by atoms with Crippen LogP contribution in [0.1, 0.15) is 32.7 Å².